The van der Waals surface area contributed by atoms with Gasteiger partial charge in [0.25, 0.3) is 5.91 Å². The number of nitrogens with zero attached hydrogens (tertiary/aromatic N) is 4. The van der Waals surface area contributed by atoms with Crippen LogP contribution in [0.2, 0.25) is 5.02 Å². The lowest BCUT2D eigenvalue weighted by molar-refractivity contribution is 0.102. The number of benzene rings is 2. The van der Waals surface area contributed by atoms with E-state index < -0.39 is 0 Å². The van der Waals surface area contributed by atoms with Crippen LogP contribution in [-0.4, -0.2) is 32.5 Å². The van der Waals surface area contributed by atoms with Crippen molar-refractivity contribution >= 4 is 23.2 Å². The maximum absolute atomic E-state index is 12.6. The van der Waals surface area contributed by atoms with Gasteiger partial charge in [0.2, 0.25) is 5.89 Å². The molecule has 1 N–H and O–H groups in total. The van der Waals surface area contributed by atoms with E-state index in [1.165, 1.54) is 0 Å². The number of carbonyl (C=O) groups excluding carboxylic acids is 1. The van der Waals surface area contributed by atoms with E-state index in [1.54, 1.807) is 35.9 Å². The van der Waals surface area contributed by atoms with Crippen molar-refractivity contribution in [2.45, 2.75) is 27.3 Å². The molecule has 0 unspecified atom stereocenters. The highest BCUT2D eigenvalue weighted by Gasteiger charge is 2.19. The Labute approximate surface area is 190 Å². The summed E-state index contributed by atoms with van der Waals surface area (Å²) in [5, 5.41) is 11.5. The molecule has 0 atom stereocenters. The number of hydrogen-bond acceptors (Lipinski definition) is 6. The molecule has 0 fully saturated rings. The Morgan fingerprint density at radius 1 is 1.19 bits per heavy atom. The zero-order valence-electron chi connectivity index (χ0n) is 17.9. The Morgan fingerprint density at radius 2 is 1.97 bits per heavy atom. The van der Waals surface area contributed by atoms with Gasteiger partial charge in [0.05, 0.1) is 18.8 Å². The molecule has 0 aliphatic carbocycles. The van der Waals surface area contributed by atoms with Crippen LogP contribution >= 0.6 is 11.6 Å². The van der Waals surface area contributed by atoms with Crippen molar-refractivity contribution in [1.82, 2.24) is 20.0 Å². The zero-order valence-corrected chi connectivity index (χ0v) is 18.7. The molecule has 0 aliphatic rings. The van der Waals surface area contributed by atoms with E-state index in [0.29, 0.717) is 46.9 Å². The molecule has 1 amide bonds. The number of anilines is 1. The van der Waals surface area contributed by atoms with Crippen molar-refractivity contribution in [3.63, 3.8) is 0 Å². The predicted octanol–water partition coefficient (Wildman–Crippen LogP) is 4.90. The van der Waals surface area contributed by atoms with E-state index in [-0.39, 0.29) is 11.6 Å². The van der Waals surface area contributed by atoms with Crippen LogP contribution in [0, 0.1) is 13.8 Å². The molecule has 2 heterocycles. The van der Waals surface area contributed by atoms with E-state index in [4.69, 9.17) is 20.8 Å². The summed E-state index contributed by atoms with van der Waals surface area (Å²) >= 11 is 5.98. The monoisotopic (exact) mass is 451 g/mol. The lowest BCUT2D eigenvalue weighted by Crippen LogP contribution is -2.14. The number of oxazole rings is 1. The van der Waals surface area contributed by atoms with Crippen LogP contribution in [0.3, 0.4) is 0 Å². The molecule has 9 heteroatoms. The molecule has 0 radical (unpaired) electrons. The molecule has 0 aliphatic heterocycles. The lowest BCUT2D eigenvalue weighted by Gasteiger charge is -2.05. The molecular weight excluding hydrogens is 430 g/mol. The summed E-state index contributed by atoms with van der Waals surface area (Å²) in [4.78, 5) is 17.2. The van der Waals surface area contributed by atoms with E-state index in [0.717, 1.165) is 11.3 Å². The van der Waals surface area contributed by atoms with Gasteiger partial charge in [-0.3, -0.25) is 4.79 Å². The first-order chi connectivity index (χ1) is 15.4. The summed E-state index contributed by atoms with van der Waals surface area (Å²) in [5.41, 5.74) is 3.00. The molecule has 4 rings (SSSR count). The second-order valence-electron chi connectivity index (χ2n) is 7.12. The quantitative estimate of drug-likeness (QED) is 0.429. The average Bonchev–Trinajstić information content (AvgIpc) is 3.32. The summed E-state index contributed by atoms with van der Waals surface area (Å²) in [6, 6.07) is 14.5. The number of nitrogens with one attached hydrogen (secondary N) is 1. The SMILES string of the molecule is CCOc1ccc(-c2nc(Cn3nnc(C(=O)Nc4cccc(Cl)c4)c3C)c(C)o2)cc1. The number of aryl methyl sites for hydroxylation is 1. The van der Waals surface area contributed by atoms with E-state index in [1.807, 2.05) is 38.1 Å². The minimum Gasteiger partial charge on any atom is -0.494 e. The van der Waals surface area contributed by atoms with Crippen LogP contribution in [0.25, 0.3) is 11.5 Å². The van der Waals surface area contributed by atoms with E-state index in [9.17, 15) is 4.79 Å². The number of rotatable bonds is 7. The highest BCUT2D eigenvalue weighted by molar-refractivity contribution is 6.30. The molecule has 164 valence electrons. The molecule has 2 aromatic heterocycles. The Bertz CT molecular complexity index is 1250. The zero-order chi connectivity index (χ0) is 22.7. The minimum atomic E-state index is -0.358. The third kappa shape index (κ3) is 4.65. The lowest BCUT2D eigenvalue weighted by atomic mass is 10.2. The molecule has 2 aromatic carbocycles. The maximum atomic E-state index is 12.6. The van der Waals surface area contributed by atoms with Gasteiger partial charge in [-0.05, 0) is 63.2 Å². The standard InChI is InChI=1S/C23H22ClN5O3/c1-4-31-19-10-8-16(9-11-19)23-26-20(15(3)32-23)13-29-14(2)21(27-28-29)22(30)25-18-7-5-6-17(24)12-18/h5-12H,4,13H2,1-3H3,(H,25,30). The largest absolute Gasteiger partial charge is 0.494 e. The summed E-state index contributed by atoms with van der Waals surface area (Å²) in [6.45, 7) is 6.51. The van der Waals surface area contributed by atoms with Gasteiger partial charge < -0.3 is 14.5 Å². The van der Waals surface area contributed by atoms with Gasteiger partial charge in [-0.1, -0.05) is 22.9 Å². The van der Waals surface area contributed by atoms with Crippen molar-refractivity contribution in [3.8, 4) is 17.2 Å². The number of carbonyl (C=O) groups is 1. The van der Waals surface area contributed by atoms with Gasteiger partial charge in [0.15, 0.2) is 5.69 Å². The number of hydrogen-bond donors (Lipinski definition) is 1. The van der Waals surface area contributed by atoms with E-state index in [2.05, 4.69) is 20.6 Å². The summed E-state index contributed by atoms with van der Waals surface area (Å²) in [7, 11) is 0. The fourth-order valence-corrected chi connectivity index (χ4v) is 3.37. The van der Waals surface area contributed by atoms with Gasteiger partial charge in [-0.25, -0.2) is 9.67 Å². The first kappa shape index (κ1) is 21.6. The number of halogens is 1. The maximum Gasteiger partial charge on any atom is 0.278 e. The second kappa shape index (κ2) is 9.23. The van der Waals surface area contributed by atoms with Crippen LogP contribution in [-0.2, 0) is 6.54 Å². The van der Waals surface area contributed by atoms with Crippen molar-refractivity contribution < 1.29 is 13.9 Å². The molecule has 0 saturated heterocycles. The van der Waals surface area contributed by atoms with Gasteiger partial charge in [-0.2, -0.15) is 0 Å². The third-order valence-corrected chi connectivity index (χ3v) is 5.12. The number of aromatic nitrogens is 4. The van der Waals surface area contributed by atoms with Crippen LogP contribution in [0.5, 0.6) is 5.75 Å². The number of ether oxygens (including phenoxy) is 1. The summed E-state index contributed by atoms with van der Waals surface area (Å²) in [6.07, 6.45) is 0. The Morgan fingerprint density at radius 3 is 2.69 bits per heavy atom. The van der Waals surface area contributed by atoms with Gasteiger partial charge in [0, 0.05) is 16.3 Å². The minimum absolute atomic E-state index is 0.234. The van der Waals surface area contributed by atoms with Gasteiger partial charge in [-0.15, -0.1) is 5.10 Å². The average molecular weight is 452 g/mol. The number of amides is 1. The highest BCUT2D eigenvalue weighted by Crippen LogP contribution is 2.25. The van der Waals surface area contributed by atoms with Gasteiger partial charge >= 0.3 is 0 Å². The fourth-order valence-electron chi connectivity index (χ4n) is 3.18. The van der Waals surface area contributed by atoms with Gasteiger partial charge in [0.1, 0.15) is 17.2 Å². The second-order valence-corrected chi connectivity index (χ2v) is 7.56. The summed E-state index contributed by atoms with van der Waals surface area (Å²) in [5.74, 6) is 1.62. The summed E-state index contributed by atoms with van der Waals surface area (Å²) < 4.78 is 13.0. The normalized spacial score (nSPS) is 10.9. The van der Waals surface area contributed by atoms with Crippen LogP contribution < -0.4 is 10.1 Å². The highest BCUT2D eigenvalue weighted by atomic mass is 35.5. The smallest absolute Gasteiger partial charge is 0.278 e. The van der Waals surface area contributed by atoms with Crippen LogP contribution in [0.4, 0.5) is 5.69 Å². The Hall–Kier alpha value is -3.65. The Balaban J connectivity index is 1.50. The molecular formula is C23H22ClN5O3. The molecule has 4 aromatic rings. The topological polar surface area (TPSA) is 95.1 Å². The van der Waals surface area contributed by atoms with Crippen LogP contribution in [0.15, 0.2) is 52.9 Å². The molecule has 0 spiro atoms. The van der Waals surface area contributed by atoms with E-state index >= 15 is 0 Å². The predicted molar refractivity (Wildman–Crippen MR) is 121 cm³/mol. The van der Waals surface area contributed by atoms with Crippen molar-refractivity contribution in [3.05, 3.63) is 76.4 Å². The first-order valence-corrected chi connectivity index (χ1v) is 10.5. The molecule has 0 bridgehead atoms. The molecule has 32 heavy (non-hydrogen) atoms. The Kier molecular flexibility index (Phi) is 6.23. The fraction of sp³-hybridized carbons (Fsp3) is 0.217. The first-order valence-electron chi connectivity index (χ1n) is 10.1. The van der Waals surface area contributed by atoms with Crippen molar-refractivity contribution in [2.75, 3.05) is 11.9 Å². The van der Waals surface area contributed by atoms with Crippen molar-refractivity contribution in [1.29, 1.82) is 0 Å². The van der Waals surface area contributed by atoms with Crippen LogP contribution in [0.1, 0.15) is 34.6 Å². The molecule has 8 nitrogen and oxygen atoms in total. The third-order valence-electron chi connectivity index (χ3n) is 4.88. The molecule has 0 saturated carbocycles. The van der Waals surface area contributed by atoms with Crippen molar-refractivity contribution in [2.24, 2.45) is 0 Å².